The summed E-state index contributed by atoms with van der Waals surface area (Å²) in [7, 11) is 1.75. The molecule has 1 saturated heterocycles. The Hall–Kier alpha value is -1.42. The van der Waals surface area contributed by atoms with Crippen molar-refractivity contribution in [3.63, 3.8) is 0 Å². The molecule has 2 rings (SSSR count). The van der Waals surface area contributed by atoms with E-state index < -0.39 is 0 Å². The number of benzene rings is 1. The quantitative estimate of drug-likeness (QED) is 0.830. The highest BCUT2D eigenvalue weighted by Gasteiger charge is 2.30. The molecular formula is C14H19FN2O. The standard InChI is InChI=1S/C14H19FN2O/c1-9-6-7-10(8-11(9)15)14-12(16)4-3-5-13(18)17(14)2/h6-8,12,14H,3-5,16H2,1-2H3. The highest BCUT2D eigenvalue weighted by Crippen LogP contribution is 2.29. The molecule has 4 heteroatoms. The number of nitrogens with zero attached hydrogens (tertiary/aromatic N) is 1. The third-order valence-electron chi connectivity index (χ3n) is 3.68. The van der Waals surface area contributed by atoms with Crippen LogP contribution in [-0.2, 0) is 4.79 Å². The Kier molecular flexibility index (Phi) is 3.66. The number of carbonyl (C=O) groups excluding carboxylic acids is 1. The number of aryl methyl sites for hydroxylation is 1. The van der Waals surface area contributed by atoms with Crippen molar-refractivity contribution >= 4 is 5.91 Å². The minimum absolute atomic E-state index is 0.0777. The first-order chi connectivity index (χ1) is 8.50. The van der Waals surface area contributed by atoms with Gasteiger partial charge < -0.3 is 10.6 Å². The summed E-state index contributed by atoms with van der Waals surface area (Å²) in [6, 6.07) is 4.73. The summed E-state index contributed by atoms with van der Waals surface area (Å²) in [4.78, 5) is 13.5. The van der Waals surface area contributed by atoms with Gasteiger partial charge in [-0.1, -0.05) is 12.1 Å². The highest BCUT2D eigenvalue weighted by atomic mass is 19.1. The lowest BCUT2D eigenvalue weighted by atomic mass is 9.96. The Morgan fingerprint density at radius 1 is 1.44 bits per heavy atom. The van der Waals surface area contributed by atoms with Crippen LogP contribution in [0.4, 0.5) is 4.39 Å². The van der Waals surface area contributed by atoms with E-state index in [0.717, 1.165) is 18.4 Å². The fourth-order valence-corrected chi connectivity index (χ4v) is 2.53. The van der Waals surface area contributed by atoms with Gasteiger partial charge in [0.2, 0.25) is 5.91 Å². The number of hydrogen-bond donors (Lipinski definition) is 1. The van der Waals surface area contributed by atoms with Crippen LogP contribution < -0.4 is 5.73 Å². The topological polar surface area (TPSA) is 46.3 Å². The molecule has 0 spiro atoms. The monoisotopic (exact) mass is 250 g/mol. The van der Waals surface area contributed by atoms with E-state index in [0.29, 0.717) is 12.0 Å². The van der Waals surface area contributed by atoms with E-state index >= 15 is 0 Å². The maximum Gasteiger partial charge on any atom is 0.222 e. The van der Waals surface area contributed by atoms with E-state index in [2.05, 4.69) is 0 Å². The van der Waals surface area contributed by atoms with E-state index in [1.807, 2.05) is 6.07 Å². The summed E-state index contributed by atoms with van der Waals surface area (Å²) in [5.41, 5.74) is 7.52. The van der Waals surface area contributed by atoms with Gasteiger partial charge in [0.1, 0.15) is 5.82 Å². The zero-order valence-electron chi connectivity index (χ0n) is 10.8. The van der Waals surface area contributed by atoms with Crippen molar-refractivity contribution in [1.82, 2.24) is 4.90 Å². The first-order valence-electron chi connectivity index (χ1n) is 6.28. The Bertz CT molecular complexity index is 461. The van der Waals surface area contributed by atoms with Crippen LogP contribution in [0.1, 0.15) is 36.4 Å². The van der Waals surface area contributed by atoms with Crippen LogP contribution in [0.3, 0.4) is 0 Å². The zero-order chi connectivity index (χ0) is 13.3. The maximum absolute atomic E-state index is 13.6. The predicted molar refractivity (Wildman–Crippen MR) is 68.5 cm³/mol. The van der Waals surface area contributed by atoms with Gasteiger partial charge in [0.05, 0.1) is 6.04 Å². The molecule has 1 heterocycles. The molecule has 1 aliphatic heterocycles. The average Bonchev–Trinajstić information content (AvgIpc) is 2.44. The molecule has 18 heavy (non-hydrogen) atoms. The maximum atomic E-state index is 13.6. The first-order valence-corrected chi connectivity index (χ1v) is 6.28. The van der Waals surface area contributed by atoms with Crippen LogP contribution in [0.5, 0.6) is 0 Å². The molecule has 0 aromatic heterocycles. The average molecular weight is 250 g/mol. The van der Waals surface area contributed by atoms with Gasteiger partial charge in [0, 0.05) is 19.5 Å². The molecule has 1 amide bonds. The van der Waals surface area contributed by atoms with Crippen LogP contribution in [0.2, 0.25) is 0 Å². The molecule has 0 saturated carbocycles. The van der Waals surface area contributed by atoms with Gasteiger partial charge in [0.25, 0.3) is 0 Å². The van der Waals surface area contributed by atoms with E-state index in [-0.39, 0.29) is 23.8 Å². The van der Waals surface area contributed by atoms with Crippen molar-refractivity contribution in [2.45, 2.75) is 38.3 Å². The number of hydrogen-bond acceptors (Lipinski definition) is 2. The number of rotatable bonds is 1. The predicted octanol–water partition coefficient (Wildman–Crippen LogP) is 2.14. The van der Waals surface area contributed by atoms with Crippen molar-refractivity contribution in [2.24, 2.45) is 5.73 Å². The zero-order valence-corrected chi connectivity index (χ0v) is 10.8. The van der Waals surface area contributed by atoms with Crippen molar-refractivity contribution in [2.75, 3.05) is 7.05 Å². The summed E-state index contributed by atoms with van der Waals surface area (Å²) >= 11 is 0. The summed E-state index contributed by atoms with van der Waals surface area (Å²) < 4.78 is 13.6. The molecule has 2 atom stereocenters. The molecule has 0 bridgehead atoms. The number of halogens is 1. The van der Waals surface area contributed by atoms with Gasteiger partial charge in [-0.25, -0.2) is 4.39 Å². The number of nitrogens with two attached hydrogens (primary N) is 1. The van der Waals surface area contributed by atoms with Gasteiger partial charge >= 0.3 is 0 Å². The second-order valence-corrected chi connectivity index (χ2v) is 5.01. The smallest absolute Gasteiger partial charge is 0.222 e. The lowest BCUT2D eigenvalue weighted by Crippen LogP contribution is -2.39. The lowest BCUT2D eigenvalue weighted by molar-refractivity contribution is -0.131. The number of carbonyl (C=O) groups is 1. The number of likely N-dealkylation sites (tertiary alicyclic amines) is 1. The molecule has 0 radical (unpaired) electrons. The third kappa shape index (κ3) is 2.38. The van der Waals surface area contributed by atoms with Crippen LogP contribution in [0, 0.1) is 12.7 Å². The van der Waals surface area contributed by atoms with E-state index in [1.165, 1.54) is 6.07 Å². The van der Waals surface area contributed by atoms with Gasteiger partial charge in [-0.2, -0.15) is 0 Å². The third-order valence-corrected chi connectivity index (χ3v) is 3.68. The molecule has 98 valence electrons. The van der Waals surface area contributed by atoms with Crippen LogP contribution >= 0.6 is 0 Å². The normalized spacial score (nSPS) is 25.1. The first kappa shape index (κ1) is 13.0. The minimum atomic E-state index is -0.246. The molecule has 1 fully saturated rings. The van der Waals surface area contributed by atoms with Crippen molar-refractivity contribution in [3.8, 4) is 0 Å². The van der Waals surface area contributed by atoms with E-state index in [4.69, 9.17) is 5.73 Å². The Morgan fingerprint density at radius 3 is 2.83 bits per heavy atom. The summed E-state index contributed by atoms with van der Waals surface area (Å²) in [5.74, 6) is -0.168. The fourth-order valence-electron chi connectivity index (χ4n) is 2.53. The second-order valence-electron chi connectivity index (χ2n) is 5.01. The highest BCUT2D eigenvalue weighted by molar-refractivity contribution is 5.76. The van der Waals surface area contributed by atoms with Gasteiger partial charge in [-0.3, -0.25) is 4.79 Å². The van der Waals surface area contributed by atoms with Crippen LogP contribution in [0.15, 0.2) is 18.2 Å². The van der Waals surface area contributed by atoms with Crippen molar-refractivity contribution in [3.05, 3.63) is 35.1 Å². The number of amides is 1. The van der Waals surface area contributed by atoms with Gasteiger partial charge in [-0.15, -0.1) is 0 Å². The van der Waals surface area contributed by atoms with Gasteiger partial charge in [-0.05, 0) is 37.0 Å². The second kappa shape index (κ2) is 5.06. The molecule has 1 aromatic rings. The molecule has 2 unspecified atom stereocenters. The Morgan fingerprint density at radius 2 is 2.17 bits per heavy atom. The molecule has 0 aliphatic carbocycles. The Labute approximate surface area is 107 Å². The molecule has 2 N–H and O–H groups in total. The van der Waals surface area contributed by atoms with Crippen LogP contribution in [-0.4, -0.2) is 23.9 Å². The van der Waals surface area contributed by atoms with Crippen LogP contribution in [0.25, 0.3) is 0 Å². The SMILES string of the molecule is Cc1ccc(C2C(N)CCCC(=O)N2C)cc1F. The molecule has 3 nitrogen and oxygen atoms in total. The Balaban J connectivity index is 2.38. The van der Waals surface area contributed by atoms with E-state index in [9.17, 15) is 9.18 Å². The molecular weight excluding hydrogens is 231 g/mol. The van der Waals surface area contributed by atoms with Crippen molar-refractivity contribution in [1.29, 1.82) is 0 Å². The summed E-state index contributed by atoms with van der Waals surface area (Å²) in [6.07, 6.45) is 2.11. The molecule has 1 aliphatic rings. The molecule has 1 aromatic carbocycles. The minimum Gasteiger partial charge on any atom is -0.337 e. The number of likely N-dealkylation sites (N-methyl/N-ethyl adjacent to an activating group) is 1. The largest absolute Gasteiger partial charge is 0.337 e. The lowest BCUT2D eigenvalue weighted by Gasteiger charge is -2.31. The summed E-state index contributed by atoms with van der Waals surface area (Å²) in [5, 5.41) is 0. The summed E-state index contributed by atoms with van der Waals surface area (Å²) in [6.45, 7) is 1.72. The van der Waals surface area contributed by atoms with Crippen molar-refractivity contribution < 1.29 is 9.18 Å². The van der Waals surface area contributed by atoms with Gasteiger partial charge in [0.15, 0.2) is 0 Å². The fraction of sp³-hybridized carbons (Fsp3) is 0.500. The van der Waals surface area contributed by atoms with E-state index in [1.54, 1.807) is 24.9 Å².